The molecule has 0 radical (unpaired) electrons. The summed E-state index contributed by atoms with van der Waals surface area (Å²) in [5.74, 6) is 1.02. The Labute approximate surface area is 138 Å². The number of nitrogens with one attached hydrogen (secondary N) is 2. The summed E-state index contributed by atoms with van der Waals surface area (Å²) in [5.41, 5.74) is 1.16. The van der Waals surface area contributed by atoms with Gasteiger partial charge >= 0.3 is 6.03 Å². The molecule has 2 amide bonds. The molecule has 3 N–H and O–H groups in total. The van der Waals surface area contributed by atoms with E-state index in [2.05, 4.69) is 10.6 Å². The Kier molecular flexibility index (Phi) is 7.20. The minimum absolute atomic E-state index is 0.0866. The summed E-state index contributed by atoms with van der Waals surface area (Å²) in [5, 5.41) is 15.4. The van der Waals surface area contributed by atoms with Crippen LogP contribution >= 0.6 is 0 Å². The lowest BCUT2D eigenvalue weighted by Crippen LogP contribution is -2.46. The Morgan fingerprint density at radius 2 is 1.96 bits per heavy atom. The Morgan fingerprint density at radius 3 is 2.65 bits per heavy atom. The zero-order chi connectivity index (χ0) is 16.5. The number of aliphatic hydroxyl groups excluding tert-OH is 1. The molecule has 2 atom stereocenters. The Hall–Kier alpha value is -1.75. The highest BCUT2D eigenvalue weighted by Gasteiger charge is 2.24. The zero-order valence-electron chi connectivity index (χ0n) is 13.9. The van der Waals surface area contributed by atoms with Crippen LogP contribution in [0.25, 0.3) is 0 Å². The van der Waals surface area contributed by atoms with Crippen molar-refractivity contribution < 1.29 is 14.6 Å². The van der Waals surface area contributed by atoms with Gasteiger partial charge in [-0.15, -0.1) is 0 Å². The third kappa shape index (κ3) is 5.75. The fourth-order valence-electron chi connectivity index (χ4n) is 3.12. The van der Waals surface area contributed by atoms with E-state index in [0.717, 1.165) is 43.4 Å². The van der Waals surface area contributed by atoms with Crippen molar-refractivity contribution in [1.29, 1.82) is 0 Å². The molecule has 2 unspecified atom stereocenters. The van der Waals surface area contributed by atoms with E-state index in [0.29, 0.717) is 6.54 Å². The number of ether oxygens (including phenoxy) is 1. The Bertz CT molecular complexity index is 476. The fraction of sp³-hybridized carbons (Fsp3) is 0.611. The second kappa shape index (κ2) is 9.40. The van der Waals surface area contributed by atoms with Crippen molar-refractivity contribution in [3.63, 3.8) is 0 Å². The normalized spacial score (nSPS) is 21.3. The molecule has 0 spiro atoms. The molecule has 2 rings (SSSR count). The molecule has 0 saturated heterocycles. The van der Waals surface area contributed by atoms with Crippen LogP contribution in [0.4, 0.5) is 4.79 Å². The van der Waals surface area contributed by atoms with Gasteiger partial charge in [-0.3, -0.25) is 0 Å². The lowest BCUT2D eigenvalue weighted by atomic mass is 9.96. The first-order chi connectivity index (χ1) is 11.2. The molecule has 23 heavy (non-hydrogen) atoms. The van der Waals surface area contributed by atoms with E-state index in [1.165, 1.54) is 6.42 Å². The van der Waals surface area contributed by atoms with Crippen LogP contribution in [-0.2, 0) is 6.42 Å². The lowest BCUT2D eigenvalue weighted by molar-refractivity contribution is 0.179. The van der Waals surface area contributed by atoms with Crippen molar-refractivity contribution in [3.8, 4) is 5.75 Å². The number of rotatable bonds is 6. The summed E-state index contributed by atoms with van der Waals surface area (Å²) in [6, 6.07) is 7.81. The van der Waals surface area contributed by atoms with E-state index in [1.807, 2.05) is 24.3 Å². The predicted octanol–water partition coefficient (Wildman–Crippen LogP) is 2.48. The molecule has 0 aromatic heterocycles. The summed E-state index contributed by atoms with van der Waals surface area (Å²) in [7, 11) is 1.65. The van der Waals surface area contributed by atoms with Crippen LogP contribution in [-0.4, -0.2) is 37.4 Å². The summed E-state index contributed by atoms with van der Waals surface area (Å²) >= 11 is 0. The van der Waals surface area contributed by atoms with Gasteiger partial charge in [0, 0.05) is 25.1 Å². The first-order valence-electron chi connectivity index (χ1n) is 8.51. The first-order valence-corrected chi connectivity index (χ1v) is 8.51. The number of amides is 2. The molecule has 1 saturated carbocycles. The van der Waals surface area contributed by atoms with E-state index in [-0.39, 0.29) is 24.6 Å². The van der Waals surface area contributed by atoms with E-state index < -0.39 is 0 Å². The van der Waals surface area contributed by atoms with Crippen molar-refractivity contribution in [2.45, 2.75) is 44.6 Å². The topological polar surface area (TPSA) is 70.6 Å². The summed E-state index contributed by atoms with van der Waals surface area (Å²) in [6.07, 6.45) is 6.18. The third-order valence-electron chi connectivity index (χ3n) is 4.57. The van der Waals surface area contributed by atoms with Crippen LogP contribution in [0, 0.1) is 5.92 Å². The molecule has 1 aliphatic carbocycles. The Balaban J connectivity index is 1.73. The van der Waals surface area contributed by atoms with Gasteiger partial charge < -0.3 is 20.5 Å². The summed E-state index contributed by atoms with van der Waals surface area (Å²) in [4.78, 5) is 12.1. The van der Waals surface area contributed by atoms with Crippen LogP contribution in [0.2, 0.25) is 0 Å². The molecule has 0 aliphatic heterocycles. The largest absolute Gasteiger partial charge is 0.497 e. The molecule has 128 valence electrons. The van der Waals surface area contributed by atoms with Gasteiger partial charge in [-0.2, -0.15) is 0 Å². The van der Waals surface area contributed by atoms with Gasteiger partial charge in [0.05, 0.1) is 7.11 Å². The molecule has 1 aliphatic rings. The van der Waals surface area contributed by atoms with E-state index >= 15 is 0 Å². The summed E-state index contributed by atoms with van der Waals surface area (Å²) < 4.78 is 5.13. The highest BCUT2D eigenvalue weighted by atomic mass is 16.5. The van der Waals surface area contributed by atoms with Crippen LogP contribution in [0.15, 0.2) is 24.3 Å². The van der Waals surface area contributed by atoms with Crippen LogP contribution in [0.1, 0.15) is 37.7 Å². The average molecular weight is 320 g/mol. The first kappa shape index (κ1) is 17.6. The van der Waals surface area contributed by atoms with Gasteiger partial charge in [-0.25, -0.2) is 4.79 Å². The second-order valence-electron chi connectivity index (χ2n) is 6.19. The third-order valence-corrected chi connectivity index (χ3v) is 4.57. The van der Waals surface area contributed by atoms with Gasteiger partial charge in [-0.1, -0.05) is 31.4 Å². The molecule has 1 fully saturated rings. The number of methoxy groups -OCH3 is 1. The Morgan fingerprint density at radius 1 is 1.22 bits per heavy atom. The van der Waals surface area contributed by atoms with Crippen molar-refractivity contribution in [2.24, 2.45) is 5.92 Å². The van der Waals surface area contributed by atoms with Crippen molar-refractivity contribution in [2.75, 3.05) is 20.3 Å². The fourth-order valence-corrected chi connectivity index (χ4v) is 3.12. The van der Waals surface area contributed by atoms with Gasteiger partial charge in [0.15, 0.2) is 0 Å². The van der Waals surface area contributed by atoms with E-state index in [1.54, 1.807) is 7.11 Å². The summed E-state index contributed by atoms with van der Waals surface area (Å²) in [6.45, 7) is 0.742. The molecule has 1 aromatic carbocycles. The number of carbonyl (C=O) groups excluding carboxylic acids is 1. The maximum Gasteiger partial charge on any atom is 0.315 e. The minimum Gasteiger partial charge on any atom is -0.497 e. The molecule has 1 aromatic rings. The maximum absolute atomic E-state index is 12.1. The van der Waals surface area contributed by atoms with E-state index in [4.69, 9.17) is 4.74 Å². The predicted molar refractivity (Wildman–Crippen MR) is 90.7 cm³/mol. The number of hydrogen-bond acceptors (Lipinski definition) is 3. The van der Waals surface area contributed by atoms with Crippen molar-refractivity contribution in [3.05, 3.63) is 29.8 Å². The van der Waals surface area contributed by atoms with Crippen LogP contribution in [0.5, 0.6) is 5.75 Å². The SMILES string of the molecule is COc1ccc(CCNC(=O)NC2CCCCCC2CO)cc1. The minimum atomic E-state index is -0.135. The molecular weight excluding hydrogens is 292 g/mol. The number of aliphatic hydroxyl groups is 1. The highest BCUT2D eigenvalue weighted by molar-refractivity contribution is 5.74. The molecular formula is C18H28N2O3. The molecule has 0 heterocycles. The second-order valence-corrected chi connectivity index (χ2v) is 6.19. The lowest BCUT2D eigenvalue weighted by Gasteiger charge is -2.24. The van der Waals surface area contributed by atoms with Gasteiger partial charge in [0.25, 0.3) is 0 Å². The average Bonchev–Trinajstić information content (AvgIpc) is 2.80. The smallest absolute Gasteiger partial charge is 0.315 e. The quantitative estimate of drug-likeness (QED) is 0.705. The molecule has 5 heteroatoms. The van der Waals surface area contributed by atoms with Gasteiger partial charge in [0.2, 0.25) is 0 Å². The van der Waals surface area contributed by atoms with Crippen LogP contribution < -0.4 is 15.4 Å². The van der Waals surface area contributed by atoms with Crippen molar-refractivity contribution in [1.82, 2.24) is 10.6 Å². The van der Waals surface area contributed by atoms with Crippen LogP contribution in [0.3, 0.4) is 0 Å². The van der Waals surface area contributed by atoms with Gasteiger partial charge in [0.1, 0.15) is 5.75 Å². The molecule has 5 nitrogen and oxygen atoms in total. The standard InChI is InChI=1S/C18H28N2O3/c1-23-16-9-7-14(8-10-16)11-12-19-18(22)20-17-6-4-2-3-5-15(17)13-21/h7-10,15,17,21H,2-6,11-13H2,1H3,(H2,19,20,22). The number of urea groups is 1. The van der Waals surface area contributed by atoms with E-state index in [9.17, 15) is 9.90 Å². The molecule has 0 bridgehead atoms. The zero-order valence-corrected chi connectivity index (χ0v) is 13.9. The van der Waals surface area contributed by atoms with Crippen molar-refractivity contribution >= 4 is 6.03 Å². The number of carbonyl (C=O) groups is 1. The maximum atomic E-state index is 12.1. The van der Waals surface area contributed by atoms with Gasteiger partial charge in [-0.05, 0) is 37.0 Å². The number of benzene rings is 1. The monoisotopic (exact) mass is 320 g/mol. The highest BCUT2D eigenvalue weighted by Crippen LogP contribution is 2.23. The number of hydrogen-bond donors (Lipinski definition) is 3.